The number of anilines is 2. The average Bonchev–Trinajstić information content (AvgIpc) is 3.13. The molecule has 0 aromatic heterocycles. The van der Waals surface area contributed by atoms with E-state index in [2.05, 4.69) is 89.5 Å². The smallest absolute Gasteiger partial charge is 0.306 e. The van der Waals surface area contributed by atoms with Crippen LogP contribution in [0.25, 0.3) is 0 Å². The predicted molar refractivity (Wildman–Crippen MR) is 211 cm³/mol. The molecule has 1 aromatic carbocycles. The van der Waals surface area contributed by atoms with Crippen LogP contribution in [0.5, 0.6) is 0 Å². The molecular formula is C44H68N2O6. The number of hydrogen-bond donors (Lipinski definition) is 0. The van der Waals surface area contributed by atoms with Crippen molar-refractivity contribution in [1.29, 1.82) is 0 Å². The third-order valence-electron chi connectivity index (χ3n) is 11.3. The lowest BCUT2D eigenvalue weighted by Gasteiger charge is -2.38. The molecule has 3 rings (SSSR count). The number of carbonyl (C=O) groups excluding carboxylic acids is 4. The fourth-order valence-electron chi connectivity index (χ4n) is 7.06. The van der Waals surface area contributed by atoms with Gasteiger partial charge in [-0.25, -0.2) is 0 Å². The molecule has 0 saturated heterocycles. The summed E-state index contributed by atoms with van der Waals surface area (Å²) in [5, 5.41) is 0. The van der Waals surface area contributed by atoms with Crippen molar-refractivity contribution in [3.05, 3.63) is 47.8 Å². The summed E-state index contributed by atoms with van der Waals surface area (Å²) in [6, 6.07) is 8.23. The summed E-state index contributed by atoms with van der Waals surface area (Å²) in [7, 11) is 0. The van der Waals surface area contributed by atoms with Crippen LogP contribution in [0.15, 0.2) is 47.8 Å². The van der Waals surface area contributed by atoms with E-state index in [1.807, 2.05) is 12.4 Å². The minimum Gasteiger partial charge on any atom is -0.465 e. The fourth-order valence-corrected chi connectivity index (χ4v) is 7.06. The summed E-state index contributed by atoms with van der Waals surface area (Å²) < 4.78 is 11.1. The van der Waals surface area contributed by atoms with Crippen LogP contribution in [0, 0.1) is 22.7 Å². The number of esters is 2. The summed E-state index contributed by atoms with van der Waals surface area (Å²) in [5.41, 5.74) is 2.86. The van der Waals surface area contributed by atoms with Gasteiger partial charge in [0, 0.05) is 60.9 Å². The van der Waals surface area contributed by atoms with Crippen LogP contribution in [0.1, 0.15) is 145 Å². The van der Waals surface area contributed by atoms with Gasteiger partial charge < -0.3 is 19.3 Å². The Bertz CT molecular complexity index is 1290. The van der Waals surface area contributed by atoms with Crippen LogP contribution in [-0.2, 0) is 28.7 Å². The Labute approximate surface area is 314 Å². The van der Waals surface area contributed by atoms with Crippen molar-refractivity contribution in [3.63, 3.8) is 0 Å². The summed E-state index contributed by atoms with van der Waals surface area (Å²) in [6.07, 6.45) is 14.6. The monoisotopic (exact) mass is 721 g/mol. The first-order valence-electron chi connectivity index (χ1n) is 20.2. The summed E-state index contributed by atoms with van der Waals surface area (Å²) in [6.45, 7) is 19.4. The third-order valence-corrected chi connectivity index (χ3v) is 11.3. The van der Waals surface area contributed by atoms with E-state index in [1.165, 1.54) is 0 Å². The topological polar surface area (TPSA) is 93.2 Å². The number of ketones is 2. The van der Waals surface area contributed by atoms with Crippen molar-refractivity contribution in [2.45, 2.75) is 145 Å². The number of allylic oxidation sites excluding steroid dienone is 2. The largest absolute Gasteiger partial charge is 0.465 e. The molecular weight excluding hydrogens is 652 g/mol. The predicted octanol–water partition coefficient (Wildman–Crippen LogP) is 10.1. The molecule has 2 aliphatic heterocycles. The molecule has 0 aliphatic carbocycles. The van der Waals surface area contributed by atoms with Gasteiger partial charge in [0.25, 0.3) is 0 Å². The zero-order chi connectivity index (χ0) is 38.3. The van der Waals surface area contributed by atoms with Gasteiger partial charge in [0.1, 0.15) is 0 Å². The first kappa shape index (κ1) is 43.0. The van der Waals surface area contributed by atoms with Gasteiger partial charge in [0.2, 0.25) is 0 Å². The zero-order valence-electron chi connectivity index (χ0n) is 33.7. The van der Waals surface area contributed by atoms with E-state index >= 15 is 0 Å². The lowest BCUT2D eigenvalue weighted by Crippen LogP contribution is -2.35. The van der Waals surface area contributed by atoms with Crippen LogP contribution in [0.2, 0.25) is 0 Å². The highest BCUT2D eigenvalue weighted by Gasteiger charge is 2.35. The Kier molecular flexibility index (Phi) is 17.1. The summed E-state index contributed by atoms with van der Waals surface area (Å²) in [4.78, 5) is 56.2. The minimum atomic E-state index is -0.300. The molecule has 0 N–H and O–H groups in total. The van der Waals surface area contributed by atoms with E-state index in [1.54, 1.807) is 0 Å². The minimum absolute atomic E-state index is 0.00931. The Morgan fingerprint density at radius 1 is 0.615 bits per heavy atom. The normalized spacial score (nSPS) is 17.8. The summed E-state index contributed by atoms with van der Waals surface area (Å²) in [5.74, 6) is 0.136. The number of carbonyl (C=O) groups is 4. The SMILES string of the molecule is CCCCC(CC)COC(=O)CCC(=O)C1=CN(c2ccc(N3C=C(C(=O)CCC(=O)OCC(CC)CCCC)C(C)(C)CC3)cc2)CCC1(C)C. The molecule has 2 aliphatic rings. The van der Waals surface area contributed by atoms with Crippen molar-refractivity contribution in [3.8, 4) is 0 Å². The quantitative estimate of drug-likeness (QED) is 0.109. The fraction of sp³-hybridized carbons (Fsp3) is 0.682. The highest BCUT2D eigenvalue weighted by molar-refractivity contribution is 5.99. The van der Waals surface area contributed by atoms with Gasteiger partial charge in [-0.05, 0) is 72.6 Å². The Morgan fingerprint density at radius 3 is 1.31 bits per heavy atom. The van der Waals surface area contributed by atoms with Crippen molar-refractivity contribution in [2.24, 2.45) is 22.7 Å². The highest BCUT2D eigenvalue weighted by atomic mass is 16.5. The highest BCUT2D eigenvalue weighted by Crippen LogP contribution is 2.40. The Balaban J connectivity index is 1.62. The second-order valence-electron chi connectivity index (χ2n) is 16.3. The van der Waals surface area contributed by atoms with Gasteiger partial charge in [0.05, 0.1) is 26.1 Å². The molecule has 2 unspecified atom stereocenters. The van der Waals surface area contributed by atoms with Crippen LogP contribution in [-0.4, -0.2) is 49.8 Å². The molecule has 0 spiro atoms. The lowest BCUT2D eigenvalue weighted by atomic mass is 9.76. The number of Topliss-reactive ketones (excluding diaryl/α,β-unsaturated/α-hetero) is 2. The van der Waals surface area contributed by atoms with Crippen molar-refractivity contribution in [1.82, 2.24) is 0 Å². The molecule has 8 heteroatoms. The lowest BCUT2D eigenvalue weighted by molar-refractivity contribution is -0.146. The van der Waals surface area contributed by atoms with E-state index < -0.39 is 0 Å². The molecule has 290 valence electrons. The zero-order valence-corrected chi connectivity index (χ0v) is 33.7. The molecule has 0 amide bonds. The number of unbranched alkanes of at least 4 members (excludes halogenated alkanes) is 2. The maximum absolute atomic E-state index is 13.5. The van der Waals surface area contributed by atoms with Gasteiger partial charge in [-0.1, -0.05) is 93.9 Å². The maximum Gasteiger partial charge on any atom is 0.306 e. The van der Waals surface area contributed by atoms with Crippen molar-refractivity contribution in [2.75, 3.05) is 36.1 Å². The molecule has 2 atom stereocenters. The van der Waals surface area contributed by atoms with Crippen LogP contribution >= 0.6 is 0 Å². The number of nitrogens with zero attached hydrogens (tertiary/aromatic N) is 2. The molecule has 2 heterocycles. The van der Waals surface area contributed by atoms with Gasteiger partial charge in [-0.3, -0.25) is 19.2 Å². The second-order valence-corrected chi connectivity index (χ2v) is 16.3. The van der Waals surface area contributed by atoms with Gasteiger partial charge >= 0.3 is 11.9 Å². The second kappa shape index (κ2) is 20.7. The van der Waals surface area contributed by atoms with Gasteiger partial charge in [0.15, 0.2) is 11.6 Å². The standard InChI is InChI=1S/C44H68N2O6/c1-9-13-15-33(11-3)31-51-41(49)23-21-39(47)37-29-45(27-25-43(37,5)6)35-17-19-36(20-18-35)46-28-26-44(7,8)38(30-46)40(48)22-24-42(50)52-32-34(12-4)16-14-10-2/h17-20,29-30,33-34H,9-16,21-28,31-32H2,1-8H3. The van der Waals surface area contributed by atoms with Gasteiger partial charge in [-0.15, -0.1) is 0 Å². The average molecular weight is 721 g/mol. The summed E-state index contributed by atoms with van der Waals surface area (Å²) >= 11 is 0. The molecule has 1 aromatic rings. The van der Waals surface area contributed by atoms with E-state index in [-0.39, 0.29) is 60.0 Å². The first-order valence-corrected chi connectivity index (χ1v) is 20.2. The number of benzene rings is 1. The van der Waals surface area contributed by atoms with E-state index in [4.69, 9.17) is 9.47 Å². The molecule has 0 bridgehead atoms. The van der Waals surface area contributed by atoms with Gasteiger partial charge in [-0.2, -0.15) is 0 Å². The molecule has 0 radical (unpaired) electrons. The number of rotatable bonds is 22. The van der Waals surface area contributed by atoms with Crippen molar-refractivity contribution >= 4 is 34.9 Å². The molecule has 8 nitrogen and oxygen atoms in total. The first-order chi connectivity index (χ1) is 24.7. The Hall–Kier alpha value is -3.42. The number of ether oxygens (including phenoxy) is 2. The third kappa shape index (κ3) is 12.9. The molecule has 0 saturated carbocycles. The maximum atomic E-state index is 13.5. The van der Waals surface area contributed by atoms with E-state index in [0.29, 0.717) is 25.0 Å². The van der Waals surface area contributed by atoms with Crippen molar-refractivity contribution < 1.29 is 28.7 Å². The van der Waals surface area contributed by atoms with E-state index in [9.17, 15) is 19.2 Å². The van der Waals surface area contributed by atoms with Crippen LogP contribution < -0.4 is 9.80 Å². The molecule has 52 heavy (non-hydrogen) atoms. The van der Waals surface area contributed by atoms with Crippen LogP contribution in [0.3, 0.4) is 0 Å². The van der Waals surface area contributed by atoms with Crippen LogP contribution in [0.4, 0.5) is 11.4 Å². The number of hydrogen-bond acceptors (Lipinski definition) is 8. The Morgan fingerprint density at radius 2 is 0.981 bits per heavy atom. The molecule has 0 fully saturated rings. The van der Waals surface area contributed by atoms with E-state index in [0.717, 1.165) is 99.8 Å².